The number of hydrogen-bond acceptors (Lipinski definition) is 4. The summed E-state index contributed by atoms with van der Waals surface area (Å²) < 4.78 is 10.9. The van der Waals surface area contributed by atoms with Crippen molar-refractivity contribution in [1.82, 2.24) is 0 Å². The molecule has 2 aromatic rings. The number of benzene rings is 1. The zero-order chi connectivity index (χ0) is 14.8. The van der Waals surface area contributed by atoms with Gasteiger partial charge in [-0.05, 0) is 36.6 Å². The monoisotopic (exact) mass is 286 g/mol. The van der Waals surface area contributed by atoms with Crippen LogP contribution in [-0.4, -0.2) is 19.6 Å². The molecule has 5 heteroatoms. The van der Waals surface area contributed by atoms with E-state index in [2.05, 4.69) is 0 Å². The number of fused-ring (bicyclic) bond motifs is 1. The van der Waals surface area contributed by atoms with Gasteiger partial charge >= 0.3 is 0 Å². The summed E-state index contributed by atoms with van der Waals surface area (Å²) in [4.78, 5) is 14.4. The lowest BCUT2D eigenvalue weighted by Gasteiger charge is -2.30. The normalized spacial score (nSPS) is 13.9. The van der Waals surface area contributed by atoms with Crippen LogP contribution in [0.15, 0.2) is 34.7 Å². The van der Waals surface area contributed by atoms with Crippen LogP contribution in [-0.2, 0) is 13.0 Å². The predicted octanol–water partition coefficient (Wildman–Crippen LogP) is 2.34. The molecule has 0 fully saturated rings. The van der Waals surface area contributed by atoms with Crippen LogP contribution in [0.4, 0.5) is 5.69 Å². The van der Waals surface area contributed by atoms with Crippen LogP contribution in [0.2, 0.25) is 0 Å². The van der Waals surface area contributed by atoms with E-state index in [1.165, 1.54) is 0 Å². The van der Waals surface area contributed by atoms with Crippen molar-refractivity contribution in [2.45, 2.75) is 19.4 Å². The molecule has 21 heavy (non-hydrogen) atoms. The number of nitrogens with two attached hydrogens (primary N) is 1. The number of aryl methyl sites for hydroxylation is 1. The van der Waals surface area contributed by atoms with E-state index >= 15 is 0 Å². The van der Waals surface area contributed by atoms with Gasteiger partial charge in [0.25, 0.3) is 5.91 Å². The third kappa shape index (κ3) is 2.40. The highest BCUT2D eigenvalue weighted by molar-refractivity contribution is 6.06. The first-order valence-electron chi connectivity index (χ1n) is 7.01. The summed E-state index contributed by atoms with van der Waals surface area (Å²) in [6.45, 7) is 0.943. The molecule has 1 aromatic heterocycles. The molecule has 0 saturated carbocycles. The number of anilines is 1. The minimum absolute atomic E-state index is 0.153. The Hall–Kier alpha value is -2.27. The first-order chi connectivity index (χ1) is 10.2. The second kappa shape index (κ2) is 5.61. The number of carbonyl (C=O) groups is 1. The molecule has 1 aliphatic rings. The van der Waals surface area contributed by atoms with E-state index in [9.17, 15) is 4.79 Å². The third-order valence-electron chi connectivity index (χ3n) is 3.72. The van der Waals surface area contributed by atoms with Gasteiger partial charge in [-0.15, -0.1) is 0 Å². The van der Waals surface area contributed by atoms with E-state index in [0.717, 1.165) is 24.1 Å². The molecule has 3 rings (SSSR count). The fourth-order valence-corrected chi connectivity index (χ4v) is 2.72. The summed E-state index contributed by atoms with van der Waals surface area (Å²) in [7, 11) is 1.62. The Kier molecular flexibility index (Phi) is 3.66. The lowest BCUT2D eigenvalue weighted by Crippen LogP contribution is -2.35. The Balaban J connectivity index is 1.99. The van der Waals surface area contributed by atoms with Crippen molar-refractivity contribution < 1.29 is 13.9 Å². The van der Waals surface area contributed by atoms with Crippen LogP contribution in [0.1, 0.15) is 28.3 Å². The van der Waals surface area contributed by atoms with Gasteiger partial charge in [-0.3, -0.25) is 4.79 Å². The zero-order valence-electron chi connectivity index (χ0n) is 12.0. The Morgan fingerprint density at radius 3 is 2.95 bits per heavy atom. The lowest BCUT2D eigenvalue weighted by atomic mass is 10.0. The first kappa shape index (κ1) is 13.7. The Morgan fingerprint density at radius 2 is 2.24 bits per heavy atom. The van der Waals surface area contributed by atoms with Crippen molar-refractivity contribution >= 4 is 11.6 Å². The maximum absolute atomic E-state index is 12.7. The third-order valence-corrected chi connectivity index (χ3v) is 3.72. The number of hydrogen-bond donors (Lipinski definition) is 1. The highest BCUT2D eigenvalue weighted by Crippen LogP contribution is 2.37. The smallest absolute Gasteiger partial charge is 0.294 e. The van der Waals surface area contributed by atoms with Gasteiger partial charge in [0, 0.05) is 6.54 Å². The van der Waals surface area contributed by atoms with Gasteiger partial charge in [0.1, 0.15) is 11.5 Å². The van der Waals surface area contributed by atoms with E-state index in [1.807, 2.05) is 18.2 Å². The molecule has 0 saturated heterocycles. The van der Waals surface area contributed by atoms with E-state index in [4.69, 9.17) is 14.9 Å². The zero-order valence-corrected chi connectivity index (χ0v) is 12.0. The number of methoxy groups -OCH3 is 1. The highest BCUT2D eigenvalue weighted by Gasteiger charge is 2.28. The summed E-state index contributed by atoms with van der Waals surface area (Å²) in [5.41, 5.74) is 7.50. The Bertz CT molecular complexity index is 649. The number of rotatable bonds is 3. The van der Waals surface area contributed by atoms with Gasteiger partial charge < -0.3 is 19.8 Å². The fourth-order valence-electron chi connectivity index (χ4n) is 2.72. The average molecular weight is 286 g/mol. The molecular formula is C16H18N2O3. The second-order valence-electron chi connectivity index (χ2n) is 5.00. The van der Waals surface area contributed by atoms with E-state index < -0.39 is 0 Å². The maximum Gasteiger partial charge on any atom is 0.294 e. The van der Waals surface area contributed by atoms with Crippen LogP contribution in [0.25, 0.3) is 0 Å². The molecule has 0 spiro atoms. The summed E-state index contributed by atoms with van der Waals surface area (Å²) in [5, 5.41) is 0. The van der Waals surface area contributed by atoms with Gasteiger partial charge in [0.05, 0.1) is 19.3 Å². The van der Waals surface area contributed by atoms with Crippen LogP contribution in [0, 0.1) is 0 Å². The standard InChI is InChI=1S/C16H18N2O3/c1-20-13-6-2-4-11-5-3-9-18(15(11)13)16(19)14-8-7-12(10-17)21-14/h2,4,6-8H,3,5,9-10,17H2,1H3. The molecular weight excluding hydrogens is 268 g/mol. The van der Waals surface area contributed by atoms with Gasteiger partial charge in [-0.1, -0.05) is 12.1 Å². The summed E-state index contributed by atoms with van der Waals surface area (Å²) >= 11 is 0. The topological polar surface area (TPSA) is 68.7 Å². The first-order valence-corrected chi connectivity index (χ1v) is 7.01. The number of nitrogens with zero attached hydrogens (tertiary/aromatic N) is 1. The number of carbonyl (C=O) groups excluding carboxylic acids is 1. The van der Waals surface area contributed by atoms with Crippen molar-refractivity contribution in [1.29, 1.82) is 0 Å². The summed E-state index contributed by atoms with van der Waals surface area (Å²) in [6.07, 6.45) is 1.87. The van der Waals surface area contributed by atoms with Gasteiger partial charge in [-0.25, -0.2) is 0 Å². The van der Waals surface area contributed by atoms with Crippen LogP contribution >= 0.6 is 0 Å². The predicted molar refractivity (Wildman–Crippen MR) is 79.6 cm³/mol. The SMILES string of the molecule is COc1cccc2c1N(C(=O)c1ccc(CN)o1)CCC2. The highest BCUT2D eigenvalue weighted by atomic mass is 16.5. The molecule has 0 radical (unpaired) electrons. The molecule has 2 N–H and O–H groups in total. The Labute approximate surface area is 123 Å². The van der Waals surface area contributed by atoms with Crippen LogP contribution in [0.3, 0.4) is 0 Å². The van der Waals surface area contributed by atoms with Gasteiger partial charge in [-0.2, -0.15) is 0 Å². The molecule has 110 valence electrons. The van der Waals surface area contributed by atoms with Crippen LogP contribution < -0.4 is 15.4 Å². The van der Waals surface area contributed by atoms with Crippen molar-refractivity contribution in [2.75, 3.05) is 18.6 Å². The largest absolute Gasteiger partial charge is 0.495 e. The lowest BCUT2D eigenvalue weighted by molar-refractivity contribution is 0.0956. The van der Waals surface area contributed by atoms with Crippen LogP contribution in [0.5, 0.6) is 5.75 Å². The molecule has 0 bridgehead atoms. The molecule has 2 heterocycles. The minimum Gasteiger partial charge on any atom is -0.495 e. The average Bonchev–Trinajstić information content (AvgIpc) is 3.02. The van der Waals surface area contributed by atoms with Crippen molar-refractivity contribution in [3.8, 4) is 5.75 Å². The molecule has 1 aromatic carbocycles. The van der Waals surface area contributed by atoms with Crippen molar-refractivity contribution in [3.63, 3.8) is 0 Å². The Morgan fingerprint density at radius 1 is 1.38 bits per heavy atom. The second-order valence-corrected chi connectivity index (χ2v) is 5.00. The maximum atomic E-state index is 12.7. The van der Waals surface area contributed by atoms with Gasteiger partial charge in [0.15, 0.2) is 5.76 Å². The van der Waals surface area contributed by atoms with E-state index in [1.54, 1.807) is 24.1 Å². The number of para-hydroxylation sites is 1. The molecule has 1 amide bonds. The molecule has 1 aliphatic heterocycles. The minimum atomic E-state index is -0.153. The number of amides is 1. The number of ether oxygens (including phenoxy) is 1. The van der Waals surface area contributed by atoms with E-state index in [0.29, 0.717) is 23.8 Å². The molecule has 0 unspecified atom stereocenters. The summed E-state index contributed by atoms with van der Waals surface area (Å²) in [5.74, 6) is 1.48. The summed E-state index contributed by atoms with van der Waals surface area (Å²) in [6, 6.07) is 9.27. The molecule has 0 aliphatic carbocycles. The number of furan rings is 1. The fraction of sp³-hybridized carbons (Fsp3) is 0.312. The van der Waals surface area contributed by atoms with Gasteiger partial charge in [0.2, 0.25) is 0 Å². The molecule has 0 atom stereocenters. The van der Waals surface area contributed by atoms with Crippen molar-refractivity contribution in [3.05, 3.63) is 47.4 Å². The van der Waals surface area contributed by atoms with E-state index in [-0.39, 0.29) is 12.5 Å². The molecule has 5 nitrogen and oxygen atoms in total. The quantitative estimate of drug-likeness (QED) is 0.940. The van der Waals surface area contributed by atoms with Crippen molar-refractivity contribution in [2.24, 2.45) is 5.73 Å².